The number of fused-ring (bicyclic) bond motifs is 1. The summed E-state index contributed by atoms with van der Waals surface area (Å²) in [4.78, 5) is 11.4. The molecule has 0 bridgehead atoms. The van der Waals surface area contributed by atoms with E-state index in [9.17, 15) is 18.3 Å². The van der Waals surface area contributed by atoms with Gasteiger partial charge >= 0.3 is 5.97 Å². The first-order valence-corrected chi connectivity index (χ1v) is 9.74. The summed E-state index contributed by atoms with van der Waals surface area (Å²) in [6.45, 7) is 1.89. The number of nitrogens with one attached hydrogen (secondary N) is 1. The highest BCUT2D eigenvalue weighted by atomic mass is 32.2. The average Bonchev–Trinajstić information content (AvgIpc) is 2.57. The molecule has 2 aromatic carbocycles. The zero-order valence-corrected chi connectivity index (χ0v) is 14.8. The van der Waals surface area contributed by atoms with E-state index in [0.717, 1.165) is 23.1 Å². The fraction of sp³-hybridized carbons (Fsp3) is 0.316. The molecule has 1 aliphatic rings. The smallest absolute Gasteiger partial charge is 0.303 e. The largest absolute Gasteiger partial charge is 0.481 e. The summed E-state index contributed by atoms with van der Waals surface area (Å²) in [5.41, 5.74) is 2.92. The van der Waals surface area contributed by atoms with Gasteiger partial charge in [-0.3, -0.25) is 4.79 Å². The lowest BCUT2D eigenvalue weighted by atomic mass is 9.78. The zero-order valence-electron chi connectivity index (χ0n) is 14.0. The first-order valence-electron chi connectivity index (χ1n) is 8.25. The molecule has 3 rings (SSSR count). The lowest BCUT2D eigenvalue weighted by Gasteiger charge is -2.33. The van der Waals surface area contributed by atoms with E-state index in [2.05, 4.69) is 4.72 Å². The Bertz CT molecular complexity index is 875. The van der Waals surface area contributed by atoms with Gasteiger partial charge in [-0.2, -0.15) is 0 Å². The van der Waals surface area contributed by atoms with Gasteiger partial charge in [0.2, 0.25) is 10.0 Å². The van der Waals surface area contributed by atoms with Crippen molar-refractivity contribution in [1.82, 2.24) is 4.72 Å². The average molecular weight is 359 g/mol. The molecule has 0 spiro atoms. The van der Waals surface area contributed by atoms with Crippen molar-refractivity contribution in [2.75, 3.05) is 0 Å². The van der Waals surface area contributed by atoms with E-state index in [1.807, 2.05) is 31.2 Å². The SMILES string of the molecule is Cc1ccc(S(=O)(=O)N[C@H]2c3ccccc3CC[C@H]2CC(=O)O)cc1. The van der Waals surface area contributed by atoms with Crippen molar-refractivity contribution in [2.24, 2.45) is 5.92 Å². The molecule has 6 heteroatoms. The van der Waals surface area contributed by atoms with Crippen LogP contribution in [0.5, 0.6) is 0 Å². The monoisotopic (exact) mass is 359 g/mol. The lowest BCUT2D eigenvalue weighted by Crippen LogP contribution is -2.37. The van der Waals surface area contributed by atoms with Gasteiger partial charge in [0.15, 0.2) is 0 Å². The fourth-order valence-electron chi connectivity index (χ4n) is 3.38. The summed E-state index contributed by atoms with van der Waals surface area (Å²) in [5.74, 6) is -1.18. The number of carboxylic acid groups (broad SMARTS) is 1. The molecule has 0 radical (unpaired) electrons. The van der Waals surface area contributed by atoms with Crippen molar-refractivity contribution in [3.63, 3.8) is 0 Å². The summed E-state index contributed by atoms with van der Waals surface area (Å²) in [5, 5.41) is 9.20. The van der Waals surface area contributed by atoms with E-state index in [4.69, 9.17) is 0 Å². The van der Waals surface area contributed by atoms with Crippen LogP contribution < -0.4 is 4.72 Å². The third kappa shape index (κ3) is 3.91. The topological polar surface area (TPSA) is 83.5 Å². The maximum Gasteiger partial charge on any atom is 0.303 e. The standard InChI is InChI=1S/C19H21NO4S/c1-13-6-10-16(11-7-13)25(23,24)20-19-15(12-18(21)22)9-8-14-4-2-3-5-17(14)19/h2-7,10-11,15,19-20H,8-9,12H2,1H3,(H,21,22)/t15-,19+/m0/s1. The van der Waals surface area contributed by atoms with Crippen LogP contribution in [-0.2, 0) is 21.2 Å². The molecule has 0 unspecified atom stereocenters. The zero-order chi connectivity index (χ0) is 18.0. The number of sulfonamides is 1. The minimum absolute atomic E-state index is 0.0601. The second kappa shape index (κ2) is 6.98. The van der Waals surface area contributed by atoms with E-state index in [1.165, 1.54) is 0 Å². The number of rotatable bonds is 5. The first-order chi connectivity index (χ1) is 11.9. The summed E-state index contributed by atoms with van der Waals surface area (Å²) < 4.78 is 28.3. The Hall–Kier alpha value is -2.18. The highest BCUT2D eigenvalue weighted by molar-refractivity contribution is 7.89. The van der Waals surface area contributed by atoms with Gasteiger partial charge in [0, 0.05) is 0 Å². The minimum atomic E-state index is -3.73. The van der Waals surface area contributed by atoms with Crippen LogP contribution in [0.4, 0.5) is 0 Å². The second-order valence-corrected chi connectivity index (χ2v) is 8.22. The van der Waals surface area contributed by atoms with Gasteiger partial charge in [0.1, 0.15) is 0 Å². The van der Waals surface area contributed by atoms with Crippen molar-refractivity contribution in [2.45, 2.75) is 37.1 Å². The molecule has 2 atom stereocenters. The third-order valence-corrected chi connectivity index (χ3v) is 6.15. The first kappa shape index (κ1) is 17.6. The molecule has 0 aromatic heterocycles. The molecule has 0 saturated carbocycles. The van der Waals surface area contributed by atoms with Crippen LogP contribution in [0.25, 0.3) is 0 Å². The molecule has 0 amide bonds. The van der Waals surface area contributed by atoms with Gasteiger partial charge in [-0.1, -0.05) is 42.0 Å². The highest BCUT2D eigenvalue weighted by Gasteiger charge is 2.34. The van der Waals surface area contributed by atoms with E-state index in [-0.39, 0.29) is 17.2 Å². The van der Waals surface area contributed by atoms with Gasteiger partial charge in [0.25, 0.3) is 0 Å². The Morgan fingerprint density at radius 3 is 2.52 bits per heavy atom. The van der Waals surface area contributed by atoms with Gasteiger partial charge in [0.05, 0.1) is 17.4 Å². The van der Waals surface area contributed by atoms with Gasteiger partial charge in [-0.05, 0) is 48.9 Å². The maximum absolute atomic E-state index is 12.8. The number of aliphatic carboxylic acids is 1. The van der Waals surface area contributed by atoms with Gasteiger partial charge in [-0.25, -0.2) is 13.1 Å². The molecular weight excluding hydrogens is 338 g/mol. The molecule has 132 valence electrons. The normalized spacial score (nSPS) is 20.0. The van der Waals surface area contributed by atoms with Crippen molar-refractivity contribution >= 4 is 16.0 Å². The van der Waals surface area contributed by atoms with Gasteiger partial charge in [-0.15, -0.1) is 0 Å². The Kier molecular flexibility index (Phi) is 4.92. The lowest BCUT2D eigenvalue weighted by molar-refractivity contribution is -0.138. The molecule has 0 aliphatic heterocycles. The quantitative estimate of drug-likeness (QED) is 0.859. The van der Waals surface area contributed by atoms with Crippen LogP contribution >= 0.6 is 0 Å². The van der Waals surface area contributed by atoms with Crippen LogP contribution in [0, 0.1) is 12.8 Å². The van der Waals surface area contributed by atoms with Crippen molar-refractivity contribution in [1.29, 1.82) is 0 Å². The van der Waals surface area contributed by atoms with Crippen molar-refractivity contribution in [3.05, 3.63) is 65.2 Å². The maximum atomic E-state index is 12.8. The molecule has 1 aliphatic carbocycles. The number of carbonyl (C=O) groups is 1. The van der Waals surface area contributed by atoms with E-state index in [1.54, 1.807) is 24.3 Å². The van der Waals surface area contributed by atoms with Gasteiger partial charge < -0.3 is 5.11 Å². The second-order valence-electron chi connectivity index (χ2n) is 6.51. The summed E-state index contributed by atoms with van der Waals surface area (Å²) in [6, 6.07) is 13.7. The minimum Gasteiger partial charge on any atom is -0.481 e. The fourth-order valence-corrected chi connectivity index (χ4v) is 4.67. The van der Waals surface area contributed by atoms with Crippen LogP contribution in [0.15, 0.2) is 53.4 Å². The number of hydrogen-bond acceptors (Lipinski definition) is 3. The van der Waals surface area contributed by atoms with E-state index < -0.39 is 22.0 Å². The van der Waals surface area contributed by atoms with Crippen LogP contribution in [0.1, 0.15) is 35.6 Å². The summed E-state index contributed by atoms with van der Waals surface area (Å²) in [6.07, 6.45) is 1.34. The van der Waals surface area contributed by atoms with Crippen molar-refractivity contribution < 1.29 is 18.3 Å². The number of hydrogen-bond donors (Lipinski definition) is 2. The molecule has 0 heterocycles. The van der Waals surface area contributed by atoms with E-state index in [0.29, 0.717) is 6.42 Å². The predicted octanol–water partition coefficient (Wildman–Crippen LogP) is 3.05. The Labute approximate surface area is 147 Å². The molecule has 0 saturated heterocycles. The van der Waals surface area contributed by atoms with E-state index >= 15 is 0 Å². The predicted molar refractivity (Wildman–Crippen MR) is 94.7 cm³/mol. The molecule has 2 N–H and O–H groups in total. The highest BCUT2D eigenvalue weighted by Crippen LogP contribution is 2.37. The summed E-state index contributed by atoms with van der Waals surface area (Å²) >= 11 is 0. The Balaban J connectivity index is 1.96. The third-order valence-electron chi connectivity index (χ3n) is 4.70. The molecular formula is C19H21NO4S. The number of benzene rings is 2. The number of carboxylic acids is 1. The molecule has 2 aromatic rings. The van der Waals surface area contributed by atoms with Crippen molar-refractivity contribution in [3.8, 4) is 0 Å². The molecule has 25 heavy (non-hydrogen) atoms. The Morgan fingerprint density at radius 2 is 1.84 bits per heavy atom. The molecule has 0 fully saturated rings. The van der Waals surface area contributed by atoms with Crippen LogP contribution in [0.3, 0.4) is 0 Å². The van der Waals surface area contributed by atoms with Crippen LogP contribution in [0.2, 0.25) is 0 Å². The number of aryl methyl sites for hydroxylation is 2. The molecule has 5 nitrogen and oxygen atoms in total. The summed E-state index contributed by atoms with van der Waals surface area (Å²) in [7, 11) is -3.73. The Morgan fingerprint density at radius 1 is 1.16 bits per heavy atom. The van der Waals surface area contributed by atoms with Crippen LogP contribution in [-0.4, -0.2) is 19.5 Å².